The smallest absolute Gasteiger partial charge is 0.230 e. The van der Waals surface area contributed by atoms with E-state index < -0.39 is 0 Å². The number of carbonyl (C=O) groups excluding carboxylic acids is 1. The summed E-state index contributed by atoms with van der Waals surface area (Å²) in [5.74, 6) is 1.25. The number of thioether (sulfide) groups is 1. The van der Waals surface area contributed by atoms with E-state index in [1.807, 2.05) is 6.92 Å². The Hall–Kier alpha value is -1.30. The first-order valence-corrected chi connectivity index (χ1v) is 6.62. The van der Waals surface area contributed by atoms with Crippen molar-refractivity contribution < 1.29 is 4.79 Å². The molecule has 0 saturated carbocycles. The van der Waals surface area contributed by atoms with Gasteiger partial charge in [-0.2, -0.15) is 0 Å². The predicted molar refractivity (Wildman–Crippen MR) is 70.4 cm³/mol. The molecule has 1 amide bonds. The van der Waals surface area contributed by atoms with Crippen molar-refractivity contribution in [2.45, 2.75) is 25.3 Å². The number of rotatable bonds is 6. The van der Waals surface area contributed by atoms with E-state index in [-0.39, 0.29) is 5.91 Å². The summed E-state index contributed by atoms with van der Waals surface area (Å²) in [6.45, 7) is 4.91. The van der Waals surface area contributed by atoms with Crippen molar-refractivity contribution in [3.05, 3.63) is 11.9 Å². The summed E-state index contributed by atoms with van der Waals surface area (Å²) in [4.78, 5) is 19.6. The molecule has 0 aromatic carbocycles. The lowest BCUT2D eigenvalue weighted by atomic mass is 10.2. The Kier molecular flexibility index (Phi) is 5.76. The van der Waals surface area contributed by atoms with E-state index in [1.54, 1.807) is 7.05 Å². The van der Waals surface area contributed by atoms with Crippen LogP contribution in [0.25, 0.3) is 0 Å². The van der Waals surface area contributed by atoms with Gasteiger partial charge in [-0.3, -0.25) is 4.79 Å². The molecule has 94 valence electrons. The normalized spacial score (nSPS) is 10.1. The average Bonchev–Trinajstić information content (AvgIpc) is 2.36. The van der Waals surface area contributed by atoms with Gasteiger partial charge in [-0.25, -0.2) is 9.97 Å². The zero-order chi connectivity index (χ0) is 12.7. The molecule has 1 aromatic rings. The molecule has 0 aliphatic carbocycles. The molecule has 1 rings (SSSR count). The SMILES string of the molecule is CCNc1ncnc(SCC(=O)NC)c1CC. The van der Waals surface area contributed by atoms with Gasteiger partial charge >= 0.3 is 0 Å². The van der Waals surface area contributed by atoms with Crippen molar-refractivity contribution in [2.24, 2.45) is 0 Å². The van der Waals surface area contributed by atoms with Gasteiger partial charge in [-0.15, -0.1) is 0 Å². The van der Waals surface area contributed by atoms with Crippen molar-refractivity contribution in [1.82, 2.24) is 15.3 Å². The van der Waals surface area contributed by atoms with Gasteiger partial charge in [0.25, 0.3) is 0 Å². The molecule has 0 saturated heterocycles. The molecule has 1 aromatic heterocycles. The van der Waals surface area contributed by atoms with Crippen molar-refractivity contribution >= 4 is 23.5 Å². The van der Waals surface area contributed by atoms with E-state index in [4.69, 9.17) is 0 Å². The Morgan fingerprint density at radius 3 is 2.76 bits per heavy atom. The number of carbonyl (C=O) groups is 1. The molecular formula is C11H18N4OS. The summed E-state index contributed by atoms with van der Waals surface area (Å²) in [6, 6.07) is 0. The van der Waals surface area contributed by atoms with E-state index in [1.165, 1.54) is 18.1 Å². The van der Waals surface area contributed by atoms with Crippen LogP contribution in [0, 0.1) is 0 Å². The molecule has 0 fully saturated rings. The fraction of sp³-hybridized carbons (Fsp3) is 0.545. The number of nitrogens with zero attached hydrogens (tertiary/aromatic N) is 2. The van der Waals surface area contributed by atoms with Gasteiger partial charge < -0.3 is 10.6 Å². The monoisotopic (exact) mass is 254 g/mol. The third-order valence-electron chi connectivity index (χ3n) is 2.22. The molecule has 0 aliphatic rings. The second kappa shape index (κ2) is 7.11. The number of nitrogens with one attached hydrogen (secondary N) is 2. The van der Waals surface area contributed by atoms with Crippen molar-refractivity contribution in [1.29, 1.82) is 0 Å². The summed E-state index contributed by atoms with van der Waals surface area (Å²) in [7, 11) is 1.63. The number of aromatic nitrogens is 2. The molecule has 1 heterocycles. The Morgan fingerprint density at radius 2 is 2.18 bits per heavy atom. The highest BCUT2D eigenvalue weighted by molar-refractivity contribution is 7.99. The molecule has 0 spiro atoms. The Labute approximate surface area is 106 Å². The van der Waals surface area contributed by atoms with Crippen molar-refractivity contribution in [3.63, 3.8) is 0 Å². The van der Waals surface area contributed by atoms with Gasteiger partial charge in [-0.1, -0.05) is 18.7 Å². The summed E-state index contributed by atoms with van der Waals surface area (Å²) >= 11 is 1.44. The second-order valence-corrected chi connectivity index (χ2v) is 4.32. The summed E-state index contributed by atoms with van der Waals surface area (Å²) in [5, 5.41) is 6.67. The highest BCUT2D eigenvalue weighted by Gasteiger charge is 2.10. The van der Waals surface area contributed by atoms with E-state index in [9.17, 15) is 4.79 Å². The quantitative estimate of drug-likeness (QED) is 0.592. The number of hydrogen-bond acceptors (Lipinski definition) is 5. The van der Waals surface area contributed by atoms with Gasteiger partial charge in [0.1, 0.15) is 17.2 Å². The molecule has 17 heavy (non-hydrogen) atoms. The standard InChI is InChI=1S/C11H18N4OS/c1-4-8-10(13-5-2)14-7-15-11(8)17-6-9(16)12-3/h7H,4-6H2,1-3H3,(H,12,16)(H,13,14,15). The Morgan fingerprint density at radius 1 is 1.41 bits per heavy atom. The molecular weight excluding hydrogens is 236 g/mol. The van der Waals surface area contributed by atoms with Crippen LogP contribution in [0.1, 0.15) is 19.4 Å². The first kappa shape index (κ1) is 13.8. The van der Waals surface area contributed by atoms with Crippen LogP contribution in [0.5, 0.6) is 0 Å². The highest BCUT2D eigenvalue weighted by Crippen LogP contribution is 2.24. The highest BCUT2D eigenvalue weighted by atomic mass is 32.2. The topological polar surface area (TPSA) is 66.9 Å². The van der Waals surface area contributed by atoms with Gasteiger partial charge in [0.05, 0.1) is 5.75 Å². The largest absolute Gasteiger partial charge is 0.370 e. The first-order chi connectivity index (χ1) is 8.22. The number of hydrogen-bond donors (Lipinski definition) is 2. The fourth-order valence-electron chi connectivity index (χ4n) is 1.37. The Bertz CT molecular complexity index is 384. The van der Waals surface area contributed by atoms with Crippen LogP contribution in [0.2, 0.25) is 0 Å². The van der Waals surface area contributed by atoms with Crippen LogP contribution in [0.4, 0.5) is 5.82 Å². The van der Waals surface area contributed by atoms with E-state index in [0.29, 0.717) is 5.75 Å². The summed E-state index contributed by atoms with van der Waals surface area (Å²) < 4.78 is 0. The maximum atomic E-state index is 11.2. The minimum absolute atomic E-state index is 0.000617. The number of anilines is 1. The van der Waals surface area contributed by atoms with E-state index in [2.05, 4.69) is 27.5 Å². The van der Waals surface area contributed by atoms with Crippen molar-refractivity contribution in [2.75, 3.05) is 24.7 Å². The van der Waals surface area contributed by atoms with E-state index >= 15 is 0 Å². The minimum atomic E-state index is 0.000617. The first-order valence-electron chi connectivity index (χ1n) is 5.64. The average molecular weight is 254 g/mol. The Balaban J connectivity index is 2.83. The third kappa shape index (κ3) is 3.89. The molecule has 5 nitrogen and oxygen atoms in total. The maximum Gasteiger partial charge on any atom is 0.230 e. The van der Waals surface area contributed by atoms with Gasteiger partial charge in [0.2, 0.25) is 5.91 Å². The van der Waals surface area contributed by atoms with E-state index in [0.717, 1.165) is 29.4 Å². The molecule has 0 atom stereocenters. The predicted octanol–water partition coefficient (Wildman–Crippen LogP) is 1.31. The lowest BCUT2D eigenvalue weighted by Gasteiger charge is -2.11. The van der Waals surface area contributed by atoms with Gasteiger partial charge in [0.15, 0.2) is 0 Å². The fourth-order valence-corrected chi connectivity index (χ4v) is 2.31. The lowest BCUT2D eigenvalue weighted by molar-refractivity contribution is -0.118. The molecule has 0 unspecified atom stereocenters. The summed E-state index contributed by atoms with van der Waals surface area (Å²) in [5.41, 5.74) is 1.07. The zero-order valence-corrected chi connectivity index (χ0v) is 11.2. The number of amides is 1. The van der Waals surface area contributed by atoms with Crippen LogP contribution in [0.3, 0.4) is 0 Å². The van der Waals surface area contributed by atoms with Crippen LogP contribution in [-0.2, 0) is 11.2 Å². The van der Waals surface area contributed by atoms with Crippen LogP contribution in [-0.4, -0.2) is 35.2 Å². The second-order valence-electron chi connectivity index (χ2n) is 3.35. The summed E-state index contributed by atoms with van der Waals surface area (Å²) in [6.07, 6.45) is 2.38. The van der Waals surface area contributed by atoms with Crippen LogP contribution < -0.4 is 10.6 Å². The maximum absolute atomic E-state index is 11.2. The van der Waals surface area contributed by atoms with Gasteiger partial charge in [0, 0.05) is 19.2 Å². The zero-order valence-electron chi connectivity index (χ0n) is 10.4. The molecule has 0 bridgehead atoms. The molecule has 6 heteroatoms. The van der Waals surface area contributed by atoms with Crippen LogP contribution in [0.15, 0.2) is 11.4 Å². The van der Waals surface area contributed by atoms with Crippen LogP contribution >= 0.6 is 11.8 Å². The van der Waals surface area contributed by atoms with Crippen molar-refractivity contribution in [3.8, 4) is 0 Å². The lowest BCUT2D eigenvalue weighted by Crippen LogP contribution is -2.20. The van der Waals surface area contributed by atoms with Gasteiger partial charge in [-0.05, 0) is 13.3 Å². The minimum Gasteiger partial charge on any atom is -0.370 e. The third-order valence-corrected chi connectivity index (χ3v) is 3.25. The molecule has 2 N–H and O–H groups in total. The molecule has 0 aliphatic heterocycles. The molecule has 0 radical (unpaired) electrons.